The first-order valence-electron chi connectivity index (χ1n) is 11.6. The maximum atomic E-state index is 14.1. The summed E-state index contributed by atoms with van der Waals surface area (Å²) in [6, 6.07) is 27.5. The van der Waals surface area contributed by atoms with Gasteiger partial charge in [-0.25, -0.2) is 0 Å². The molecule has 0 saturated heterocycles. The molecule has 2 amide bonds. The number of hydrogen-bond donors (Lipinski definition) is 0. The van der Waals surface area contributed by atoms with E-state index >= 15 is 0 Å². The average molecular weight is 467 g/mol. The first kappa shape index (κ1) is 22.5. The molecular weight excluding hydrogens is 440 g/mol. The van der Waals surface area contributed by atoms with Crippen LogP contribution >= 0.6 is 0 Å². The summed E-state index contributed by atoms with van der Waals surface area (Å²) in [6.45, 7) is 2.00. The van der Waals surface area contributed by atoms with Crippen molar-refractivity contribution in [2.45, 2.75) is 25.4 Å². The second-order valence-corrected chi connectivity index (χ2v) is 8.52. The van der Waals surface area contributed by atoms with E-state index in [4.69, 9.17) is 9.15 Å². The molecule has 3 aromatic carbocycles. The molecule has 35 heavy (non-hydrogen) atoms. The number of para-hydroxylation sites is 3. The Hall–Kier alpha value is -4.32. The first-order valence-corrected chi connectivity index (χ1v) is 11.6. The van der Waals surface area contributed by atoms with Gasteiger partial charge in [0.15, 0.2) is 5.76 Å². The van der Waals surface area contributed by atoms with Crippen molar-refractivity contribution in [2.75, 3.05) is 16.9 Å². The molecule has 0 spiro atoms. The van der Waals surface area contributed by atoms with Gasteiger partial charge in [0.2, 0.25) is 0 Å². The minimum absolute atomic E-state index is 0.161. The maximum Gasteiger partial charge on any atom is 0.294 e. The predicted molar refractivity (Wildman–Crippen MR) is 135 cm³/mol. The average Bonchev–Trinajstić information content (AvgIpc) is 3.44. The number of carbonyl (C=O) groups excluding carboxylic acids is 2. The van der Waals surface area contributed by atoms with Crippen LogP contribution in [0.2, 0.25) is 0 Å². The van der Waals surface area contributed by atoms with Crippen LogP contribution in [0.3, 0.4) is 0 Å². The van der Waals surface area contributed by atoms with Gasteiger partial charge in [-0.2, -0.15) is 0 Å². The molecule has 1 aliphatic heterocycles. The molecule has 0 fully saturated rings. The van der Waals surface area contributed by atoms with E-state index in [1.165, 1.54) is 6.26 Å². The van der Waals surface area contributed by atoms with Gasteiger partial charge >= 0.3 is 0 Å². The number of hydrogen-bond acceptors (Lipinski definition) is 4. The molecule has 0 saturated carbocycles. The number of rotatable bonds is 5. The van der Waals surface area contributed by atoms with Crippen molar-refractivity contribution in [1.82, 2.24) is 0 Å². The van der Waals surface area contributed by atoms with Gasteiger partial charge in [-0.1, -0.05) is 48.5 Å². The Balaban J connectivity index is 1.63. The number of carbonyl (C=O) groups is 2. The Bertz CT molecular complexity index is 1330. The molecule has 2 heterocycles. The Kier molecular flexibility index (Phi) is 6.10. The van der Waals surface area contributed by atoms with Gasteiger partial charge < -0.3 is 19.0 Å². The molecule has 6 nitrogen and oxygen atoms in total. The van der Waals surface area contributed by atoms with Gasteiger partial charge in [-0.3, -0.25) is 9.59 Å². The third-order valence-electron chi connectivity index (χ3n) is 6.41. The van der Waals surface area contributed by atoms with Crippen molar-refractivity contribution in [3.05, 3.63) is 114 Å². The van der Waals surface area contributed by atoms with Crippen LogP contribution < -0.4 is 14.5 Å². The van der Waals surface area contributed by atoms with Gasteiger partial charge in [0, 0.05) is 17.4 Å². The molecule has 4 aromatic rings. The summed E-state index contributed by atoms with van der Waals surface area (Å²) in [5.74, 6) is 0.447. The standard InChI is InChI=1S/C29H26N2O4/c1-20-19-25(22-13-6-8-15-24(22)30(20)29(33)27-17-10-18-35-27)31(21-11-4-3-5-12-21)28(32)23-14-7-9-16-26(23)34-2/h3-18,20,25H,19H2,1-2H3/t20-,25+/m0/s1. The highest BCUT2D eigenvalue weighted by atomic mass is 16.5. The zero-order chi connectivity index (χ0) is 24.4. The Morgan fingerprint density at radius 1 is 0.914 bits per heavy atom. The van der Waals surface area contributed by atoms with Crippen molar-refractivity contribution in [3.8, 4) is 5.75 Å². The van der Waals surface area contributed by atoms with Gasteiger partial charge in [0.05, 0.1) is 25.0 Å². The molecule has 1 aliphatic rings. The number of nitrogens with zero attached hydrogens (tertiary/aromatic N) is 2. The van der Waals surface area contributed by atoms with E-state index in [-0.39, 0.29) is 29.7 Å². The van der Waals surface area contributed by atoms with E-state index in [9.17, 15) is 9.59 Å². The molecule has 1 aromatic heterocycles. The minimum Gasteiger partial charge on any atom is -0.496 e. The summed E-state index contributed by atoms with van der Waals surface area (Å²) in [7, 11) is 1.56. The van der Waals surface area contributed by atoms with E-state index < -0.39 is 0 Å². The highest BCUT2D eigenvalue weighted by Crippen LogP contribution is 2.43. The van der Waals surface area contributed by atoms with Crippen LogP contribution in [0.25, 0.3) is 0 Å². The van der Waals surface area contributed by atoms with Crippen molar-refractivity contribution in [3.63, 3.8) is 0 Å². The fraction of sp³-hybridized carbons (Fsp3) is 0.172. The first-order chi connectivity index (χ1) is 17.1. The van der Waals surface area contributed by atoms with Crippen LogP contribution in [-0.4, -0.2) is 25.0 Å². The number of benzene rings is 3. The summed E-state index contributed by atoms with van der Waals surface area (Å²) < 4.78 is 10.9. The fourth-order valence-electron chi connectivity index (χ4n) is 4.83. The monoisotopic (exact) mass is 466 g/mol. The molecule has 0 radical (unpaired) electrons. The zero-order valence-electron chi connectivity index (χ0n) is 19.6. The van der Waals surface area contributed by atoms with Crippen LogP contribution in [0, 0.1) is 0 Å². The fourth-order valence-corrected chi connectivity index (χ4v) is 4.83. The van der Waals surface area contributed by atoms with Crippen molar-refractivity contribution in [1.29, 1.82) is 0 Å². The molecule has 5 rings (SSSR count). The lowest BCUT2D eigenvalue weighted by Gasteiger charge is -2.43. The second kappa shape index (κ2) is 9.50. The number of anilines is 2. The molecule has 0 unspecified atom stereocenters. The molecule has 176 valence electrons. The Morgan fingerprint density at radius 2 is 1.63 bits per heavy atom. The van der Waals surface area contributed by atoms with Crippen LogP contribution in [0.5, 0.6) is 5.75 Å². The normalized spacial score (nSPS) is 16.9. The number of fused-ring (bicyclic) bond motifs is 1. The molecule has 0 N–H and O–H groups in total. The highest BCUT2D eigenvalue weighted by Gasteiger charge is 2.40. The lowest BCUT2D eigenvalue weighted by atomic mass is 9.89. The molecule has 6 heteroatoms. The lowest BCUT2D eigenvalue weighted by molar-refractivity contribution is 0.0944. The van der Waals surface area contributed by atoms with Crippen LogP contribution in [-0.2, 0) is 0 Å². The lowest BCUT2D eigenvalue weighted by Crippen LogP contribution is -2.47. The van der Waals surface area contributed by atoms with Crippen LogP contribution in [0.1, 0.15) is 45.9 Å². The smallest absolute Gasteiger partial charge is 0.294 e. The van der Waals surface area contributed by atoms with E-state index in [1.54, 1.807) is 36.3 Å². The molecule has 2 atom stereocenters. The van der Waals surface area contributed by atoms with Crippen molar-refractivity contribution in [2.24, 2.45) is 0 Å². The largest absolute Gasteiger partial charge is 0.496 e. The Labute approximate surface area is 204 Å². The predicted octanol–water partition coefficient (Wildman–Crippen LogP) is 6.12. The Morgan fingerprint density at radius 3 is 2.37 bits per heavy atom. The van der Waals surface area contributed by atoms with Crippen molar-refractivity contribution < 1.29 is 18.7 Å². The topological polar surface area (TPSA) is 63.0 Å². The summed E-state index contributed by atoms with van der Waals surface area (Å²) >= 11 is 0. The van der Waals surface area contributed by atoms with Crippen LogP contribution in [0.15, 0.2) is 102 Å². The second-order valence-electron chi connectivity index (χ2n) is 8.52. The van der Waals surface area contributed by atoms with Gasteiger partial charge in [0.25, 0.3) is 11.8 Å². The number of furan rings is 1. The van der Waals surface area contributed by atoms with E-state index in [2.05, 4.69) is 0 Å². The zero-order valence-corrected chi connectivity index (χ0v) is 19.6. The molecular formula is C29H26N2O4. The molecule has 0 aliphatic carbocycles. The minimum atomic E-state index is -0.290. The van der Waals surface area contributed by atoms with E-state index in [0.29, 0.717) is 17.7 Å². The summed E-state index contributed by atoms with van der Waals surface area (Å²) in [5, 5.41) is 0. The van der Waals surface area contributed by atoms with Gasteiger partial charge in [-0.15, -0.1) is 0 Å². The third kappa shape index (κ3) is 4.08. The summed E-state index contributed by atoms with van der Waals surface area (Å²) in [5.41, 5.74) is 2.93. The maximum absolute atomic E-state index is 14.1. The SMILES string of the molecule is COc1ccccc1C(=O)N(c1ccccc1)[C@@H]1C[C@H](C)N(C(=O)c2ccco2)c2ccccc21. The van der Waals surface area contributed by atoms with Crippen LogP contribution in [0.4, 0.5) is 11.4 Å². The summed E-state index contributed by atoms with van der Waals surface area (Å²) in [4.78, 5) is 31.0. The number of ether oxygens (including phenoxy) is 1. The number of amides is 2. The molecule has 0 bridgehead atoms. The summed E-state index contributed by atoms with van der Waals surface area (Å²) in [6.07, 6.45) is 2.05. The third-order valence-corrected chi connectivity index (χ3v) is 6.41. The highest BCUT2D eigenvalue weighted by molar-refractivity contribution is 6.09. The van der Waals surface area contributed by atoms with Gasteiger partial charge in [-0.05, 0) is 61.4 Å². The van der Waals surface area contributed by atoms with E-state index in [1.807, 2.05) is 78.6 Å². The quantitative estimate of drug-likeness (QED) is 0.356. The van der Waals surface area contributed by atoms with Crippen molar-refractivity contribution >= 4 is 23.2 Å². The van der Waals surface area contributed by atoms with E-state index in [0.717, 1.165) is 16.9 Å². The number of methoxy groups -OCH3 is 1. The van der Waals surface area contributed by atoms with Gasteiger partial charge in [0.1, 0.15) is 5.75 Å².